The number of aryl methyl sites for hydroxylation is 1. The van der Waals surface area contributed by atoms with Gasteiger partial charge < -0.3 is 0 Å². The van der Waals surface area contributed by atoms with Crippen molar-refractivity contribution >= 4 is 17.5 Å². The minimum Gasteiger partial charge on any atom is -0.292 e. The lowest BCUT2D eigenvalue weighted by molar-refractivity contribution is 0.811. The number of nitrogen functional groups attached to an aromatic ring is 1. The molecule has 6 nitrogen and oxygen atoms in total. The zero-order chi connectivity index (χ0) is 16.4. The van der Waals surface area contributed by atoms with E-state index < -0.39 is 5.69 Å². The van der Waals surface area contributed by atoms with Crippen LogP contribution in [0.2, 0.25) is 5.02 Å². The van der Waals surface area contributed by atoms with E-state index in [4.69, 9.17) is 17.4 Å². The predicted octanol–water partition coefficient (Wildman–Crippen LogP) is 2.54. The molecule has 0 amide bonds. The van der Waals surface area contributed by atoms with E-state index >= 15 is 0 Å². The van der Waals surface area contributed by atoms with Crippen LogP contribution in [-0.4, -0.2) is 14.5 Å². The summed E-state index contributed by atoms with van der Waals surface area (Å²) in [5, 5.41) is 0.453. The van der Waals surface area contributed by atoms with Crippen molar-refractivity contribution < 1.29 is 0 Å². The van der Waals surface area contributed by atoms with Gasteiger partial charge in [0.25, 0.3) is 0 Å². The Hall–Kier alpha value is -2.70. The van der Waals surface area contributed by atoms with Gasteiger partial charge in [-0.2, -0.15) is 9.97 Å². The summed E-state index contributed by atoms with van der Waals surface area (Å²) in [7, 11) is 0. The lowest BCUT2D eigenvalue weighted by Gasteiger charge is -2.10. The van der Waals surface area contributed by atoms with E-state index in [9.17, 15) is 4.79 Å². The van der Waals surface area contributed by atoms with Crippen LogP contribution in [0.4, 0.5) is 5.95 Å². The van der Waals surface area contributed by atoms with E-state index in [0.717, 1.165) is 0 Å². The van der Waals surface area contributed by atoms with Crippen LogP contribution < -0.4 is 17.0 Å². The van der Waals surface area contributed by atoms with Crippen LogP contribution in [0.1, 0.15) is 5.82 Å². The Bertz CT molecular complexity index is 884. The molecule has 1 heterocycles. The minimum absolute atomic E-state index is 0.0794. The summed E-state index contributed by atoms with van der Waals surface area (Å²) in [5.74, 6) is 5.69. The first-order valence-electron chi connectivity index (χ1n) is 6.90. The number of anilines is 1. The molecule has 0 saturated carbocycles. The number of halogens is 1. The zero-order valence-corrected chi connectivity index (χ0v) is 13.1. The third kappa shape index (κ3) is 2.94. The number of nitrogens with zero attached hydrogens (tertiary/aromatic N) is 3. The Balaban J connectivity index is 0.000000213. The van der Waals surface area contributed by atoms with Crippen LogP contribution in [0.3, 0.4) is 0 Å². The maximum Gasteiger partial charge on any atom is 0.356 e. The normalized spacial score (nSPS) is 10.6. The number of rotatable bonds is 2. The van der Waals surface area contributed by atoms with Crippen molar-refractivity contribution in [2.24, 2.45) is 5.84 Å². The van der Waals surface area contributed by atoms with Gasteiger partial charge in [-0.1, -0.05) is 48.0 Å². The number of benzene rings is 2. The molecule has 0 fully saturated rings. The van der Waals surface area contributed by atoms with Crippen LogP contribution in [0.5, 0.6) is 0 Å². The number of aromatic nitrogens is 3. The highest BCUT2D eigenvalue weighted by molar-refractivity contribution is 6.32. The third-order valence-corrected chi connectivity index (χ3v) is 3.74. The molecule has 23 heavy (non-hydrogen) atoms. The van der Waals surface area contributed by atoms with E-state index in [1.807, 2.05) is 0 Å². The maximum atomic E-state index is 11.8. The lowest BCUT2D eigenvalue weighted by atomic mass is 9.95. The molecule has 0 radical (unpaired) electrons. The first-order chi connectivity index (χ1) is 11.1. The second kappa shape index (κ2) is 6.20. The molecule has 0 atom stereocenters. The van der Waals surface area contributed by atoms with Gasteiger partial charge in [0, 0.05) is 0 Å². The second-order valence-corrected chi connectivity index (χ2v) is 5.29. The smallest absolute Gasteiger partial charge is 0.292 e. The van der Waals surface area contributed by atoms with E-state index in [-0.39, 0.29) is 5.95 Å². The molecule has 2 aromatic rings. The van der Waals surface area contributed by atoms with Gasteiger partial charge in [0.05, 0.1) is 10.7 Å². The molecule has 0 saturated heterocycles. The molecule has 0 unspecified atom stereocenters. The number of nitrogens with two attached hydrogens (primary N) is 1. The Morgan fingerprint density at radius 2 is 1.65 bits per heavy atom. The first kappa shape index (κ1) is 15.2. The summed E-state index contributed by atoms with van der Waals surface area (Å²) in [6.45, 7) is 1.67. The van der Waals surface area contributed by atoms with Crippen molar-refractivity contribution in [2.45, 2.75) is 6.92 Å². The van der Waals surface area contributed by atoms with Gasteiger partial charge in [-0.15, -0.1) is 0 Å². The molecule has 1 aromatic carbocycles. The summed E-state index contributed by atoms with van der Waals surface area (Å²) >= 11 is 6.02. The largest absolute Gasteiger partial charge is 0.356 e. The molecular formula is C16H14ClN5O. The fourth-order valence-electron chi connectivity index (χ4n) is 2.14. The summed E-state index contributed by atoms with van der Waals surface area (Å²) in [5.41, 5.74) is 5.14. The summed E-state index contributed by atoms with van der Waals surface area (Å²) < 4.78 is 1.32. The van der Waals surface area contributed by atoms with Gasteiger partial charge in [-0.3, -0.25) is 5.43 Å². The van der Waals surface area contributed by atoms with Crippen LogP contribution in [-0.2, 0) is 0 Å². The van der Waals surface area contributed by atoms with Crippen LogP contribution in [0.15, 0.2) is 53.3 Å². The molecule has 0 aliphatic heterocycles. The molecule has 4 rings (SSSR count). The van der Waals surface area contributed by atoms with Gasteiger partial charge in [0.2, 0.25) is 5.95 Å². The fraction of sp³-hybridized carbons (Fsp3) is 0.0625. The average Bonchev–Trinajstić information content (AvgIpc) is 2.52. The van der Waals surface area contributed by atoms with Crippen molar-refractivity contribution in [1.82, 2.24) is 14.5 Å². The summed E-state index contributed by atoms with van der Waals surface area (Å²) in [4.78, 5) is 19.5. The topological polar surface area (TPSA) is 85.8 Å². The maximum absolute atomic E-state index is 11.8. The molecule has 7 heteroatoms. The minimum atomic E-state index is -0.487. The molecule has 0 spiro atoms. The number of hydrogen-bond acceptors (Lipinski definition) is 5. The highest BCUT2D eigenvalue weighted by atomic mass is 35.5. The zero-order valence-electron chi connectivity index (χ0n) is 12.3. The Morgan fingerprint density at radius 1 is 1.04 bits per heavy atom. The van der Waals surface area contributed by atoms with E-state index in [1.54, 1.807) is 31.2 Å². The fourth-order valence-corrected chi connectivity index (χ4v) is 2.37. The van der Waals surface area contributed by atoms with E-state index in [1.165, 1.54) is 15.7 Å². The van der Waals surface area contributed by atoms with E-state index in [2.05, 4.69) is 39.7 Å². The first-order valence-corrected chi connectivity index (χ1v) is 7.27. The molecular weight excluding hydrogens is 314 g/mol. The lowest BCUT2D eigenvalue weighted by Crippen LogP contribution is -2.27. The summed E-state index contributed by atoms with van der Waals surface area (Å²) in [6.07, 6.45) is 0. The average molecular weight is 328 g/mol. The van der Waals surface area contributed by atoms with Crippen LogP contribution >= 0.6 is 11.6 Å². The highest BCUT2D eigenvalue weighted by Gasteiger charge is 2.10. The standard InChI is InChI=1S/C10H10ClN5O.C6H4/c1-6-13-9(15-12)14-10(17)16(6)8-5-3-2-4-7(8)11;1-2-6-4-3-5(1)6/h2-5H,12H2,1H3,(H,14,15,17);1-4H. The van der Waals surface area contributed by atoms with E-state index in [0.29, 0.717) is 16.5 Å². The van der Waals surface area contributed by atoms with Gasteiger partial charge in [0.15, 0.2) is 0 Å². The number of nitrogens with one attached hydrogen (secondary N) is 1. The Kier molecular flexibility index (Phi) is 4.10. The van der Waals surface area contributed by atoms with Crippen LogP contribution in [0.25, 0.3) is 16.8 Å². The van der Waals surface area contributed by atoms with Gasteiger partial charge in [0.1, 0.15) is 5.82 Å². The van der Waals surface area contributed by atoms with Crippen molar-refractivity contribution in [3.8, 4) is 16.8 Å². The van der Waals surface area contributed by atoms with Crippen molar-refractivity contribution in [1.29, 1.82) is 0 Å². The van der Waals surface area contributed by atoms with Crippen molar-refractivity contribution in [2.75, 3.05) is 5.43 Å². The number of hydrazine groups is 1. The molecule has 1 aromatic heterocycles. The molecule has 2 aliphatic carbocycles. The Labute approximate surface area is 137 Å². The SMILES string of the molecule is Cc1nc(NN)nc(=O)n1-c1ccccc1Cl.c1cc2ccc1-2. The second-order valence-electron chi connectivity index (χ2n) is 4.89. The van der Waals surface area contributed by atoms with Gasteiger partial charge in [-0.25, -0.2) is 15.2 Å². The predicted molar refractivity (Wildman–Crippen MR) is 90.6 cm³/mol. The van der Waals surface area contributed by atoms with Crippen molar-refractivity contribution in [3.63, 3.8) is 0 Å². The third-order valence-electron chi connectivity index (χ3n) is 3.42. The monoisotopic (exact) mass is 327 g/mol. The highest BCUT2D eigenvalue weighted by Crippen LogP contribution is 2.29. The molecule has 116 valence electrons. The van der Waals surface area contributed by atoms with Crippen LogP contribution in [0, 0.1) is 6.92 Å². The number of hydrogen-bond donors (Lipinski definition) is 2. The number of fused-ring (bicyclic) bond motifs is 1. The van der Waals surface area contributed by atoms with Gasteiger partial charge in [-0.05, 0) is 30.2 Å². The van der Waals surface area contributed by atoms with Crippen molar-refractivity contribution in [3.05, 3.63) is 69.9 Å². The quantitative estimate of drug-likeness (QED) is 0.436. The van der Waals surface area contributed by atoms with Gasteiger partial charge >= 0.3 is 5.69 Å². The number of para-hydroxylation sites is 1. The molecule has 3 N–H and O–H groups in total. The summed E-state index contributed by atoms with van der Waals surface area (Å²) in [6, 6.07) is 15.5. The molecule has 0 bridgehead atoms. The molecule has 2 aliphatic rings. The Morgan fingerprint density at radius 3 is 2.09 bits per heavy atom.